The maximum absolute atomic E-state index is 13.3. The Bertz CT molecular complexity index is 1240. The minimum Gasteiger partial charge on any atom is -0.318 e. The molecule has 4 aromatic rings. The summed E-state index contributed by atoms with van der Waals surface area (Å²) < 4.78 is 16.4. The molecule has 0 atom stereocenters. The molecule has 0 bridgehead atoms. The molecular weight excluding hydrogens is 361 g/mol. The summed E-state index contributed by atoms with van der Waals surface area (Å²) in [5.41, 5.74) is 1.17. The van der Waals surface area contributed by atoms with Crippen LogP contribution in [0.3, 0.4) is 0 Å². The highest BCUT2D eigenvalue weighted by atomic mass is 19.1. The fourth-order valence-corrected chi connectivity index (χ4v) is 3.00. The Morgan fingerprint density at radius 1 is 1.18 bits per heavy atom. The summed E-state index contributed by atoms with van der Waals surface area (Å²) in [6, 6.07) is 13.2. The second kappa shape index (κ2) is 7.07. The standard InChI is InChI=1S/C20H16FN5O2/c1-25-17-8-3-2-7-16(17)19(27)18(24-25)20(28)23-15-10-22-26(12-15)11-13-5-4-6-14(21)9-13/h2-10,12H,11H2,1H3,(H,23,28). The van der Waals surface area contributed by atoms with Crippen molar-refractivity contribution in [1.82, 2.24) is 19.6 Å². The molecule has 0 unspecified atom stereocenters. The Kier molecular flexibility index (Phi) is 4.44. The number of fused-ring (bicyclic) bond motifs is 1. The third kappa shape index (κ3) is 3.39. The van der Waals surface area contributed by atoms with Gasteiger partial charge in [0.05, 0.1) is 23.9 Å². The van der Waals surface area contributed by atoms with Gasteiger partial charge in [-0.05, 0) is 29.8 Å². The first-order valence-electron chi connectivity index (χ1n) is 8.55. The van der Waals surface area contributed by atoms with Gasteiger partial charge in [-0.2, -0.15) is 10.2 Å². The number of halogens is 1. The number of hydrogen-bond donors (Lipinski definition) is 1. The molecule has 0 saturated heterocycles. The maximum Gasteiger partial charge on any atom is 0.280 e. The fourth-order valence-electron chi connectivity index (χ4n) is 3.00. The maximum atomic E-state index is 13.3. The lowest BCUT2D eigenvalue weighted by molar-refractivity contribution is 0.101. The molecule has 0 aliphatic carbocycles. The van der Waals surface area contributed by atoms with Crippen molar-refractivity contribution in [1.29, 1.82) is 0 Å². The Morgan fingerprint density at radius 2 is 2.00 bits per heavy atom. The molecule has 1 N–H and O–H groups in total. The molecule has 0 saturated carbocycles. The van der Waals surface area contributed by atoms with Gasteiger partial charge in [-0.15, -0.1) is 0 Å². The zero-order valence-corrected chi connectivity index (χ0v) is 15.0. The lowest BCUT2D eigenvalue weighted by atomic mass is 10.2. The minimum absolute atomic E-state index is 0.195. The van der Waals surface area contributed by atoms with Gasteiger partial charge in [0.25, 0.3) is 5.91 Å². The predicted molar refractivity (Wildman–Crippen MR) is 103 cm³/mol. The normalized spacial score (nSPS) is 10.9. The molecule has 0 aliphatic heterocycles. The zero-order valence-electron chi connectivity index (χ0n) is 15.0. The average molecular weight is 377 g/mol. The molecule has 28 heavy (non-hydrogen) atoms. The van der Waals surface area contributed by atoms with Crippen molar-refractivity contribution in [3.05, 3.63) is 88.2 Å². The number of anilines is 1. The third-order valence-electron chi connectivity index (χ3n) is 4.30. The van der Waals surface area contributed by atoms with Crippen LogP contribution in [0.25, 0.3) is 10.9 Å². The van der Waals surface area contributed by atoms with Crippen LogP contribution in [0.5, 0.6) is 0 Å². The van der Waals surface area contributed by atoms with Crippen LogP contribution in [0, 0.1) is 5.82 Å². The highest BCUT2D eigenvalue weighted by molar-refractivity contribution is 6.04. The number of para-hydroxylation sites is 1. The smallest absolute Gasteiger partial charge is 0.280 e. The second-order valence-corrected chi connectivity index (χ2v) is 6.33. The van der Waals surface area contributed by atoms with Crippen molar-refractivity contribution >= 4 is 22.5 Å². The largest absolute Gasteiger partial charge is 0.318 e. The van der Waals surface area contributed by atoms with E-state index in [1.54, 1.807) is 54.3 Å². The van der Waals surface area contributed by atoms with E-state index in [9.17, 15) is 14.0 Å². The Hall–Kier alpha value is -3.81. The molecule has 0 spiro atoms. The number of amides is 1. The monoisotopic (exact) mass is 377 g/mol. The van der Waals surface area contributed by atoms with E-state index < -0.39 is 11.3 Å². The van der Waals surface area contributed by atoms with Gasteiger partial charge in [-0.25, -0.2) is 4.39 Å². The van der Waals surface area contributed by atoms with E-state index in [-0.39, 0.29) is 11.5 Å². The molecular formula is C20H16FN5O2. The van der Waals surface area contributed by atoms with Crippen LogP contribution in [0.2, 0.25) is 0 Å². The number of benzene rings is 2. The van der Waals surface area contributed by atoms with Gasteiger partial charge in [0.1, 0.15) is 5.82 Å². The van der Waals surface area contributed by atoms with E-state index in [2.05, 4.69) is 15.5 Å². The van der Waals surface area contributed by atoms with Crippen LogP contribution in [-0.2, 0) is 13.6 Å². The summed E-state index contributed by atoms with van der Waals surface area (Å²) in [5, 5.41) is 11.3. The van der Waals surface area contributed by atoms with Crippen molar-refractivity contribution in [3.8, 4) is 0 Å². The summed E-state index contributed by atoms with van der Waals surface area (Å²) in [4.78, 5) is 25.2. The summed E-state index contributed by atoms with van der Waals surface area (Å²) in [7, 11) is 1.68. The minimum atomic E-state index is -0.614. The molecule has 1 amide bonds. The molecule has 0 aliphatic rings. The van der Waals surface area contributed by atoms with Crippen LogP contribution < -0.4 is 10.7 Å². The quantitative estimate of drug-likeness (QED) is 0.593. The van der Waals surface area contributed by atoms with Gasteiger partial charge in [0.2, 0.25) is 5.43 Å². The average Bonchev–Trinajstić information content (AvgIpc) is 3.11. The van der Waals surface area contributed by atoms with Crippen molar-refractivity contribution in [2.75, 3.05) is 5.32 Å². The summed E-state index contributed by atoms with van der Waals surface area (Å²) in [6.45, 7) is 0.351. The first-order chi connectivity index (χ1) is 13.5. The number of carbonyl (C=O) groups is 1. The van der Waals surface area contributed by atoms with E-state index in [0.29, 0.717) is 23.1 Å². The summed E-state index contributed by atoms with van der Waals surface area (Å²) >= 11 is 0. The van der Waals surface area contributed by atoms with Crippen LogP contribution >= 0.6 is 0 Å². The fraction of sp³-hybridized carbons (Fsp3) is 0.100. The van der Waals surface area contributed by atoms with E-state index in [4.69, 9.17) is 0 Å². The number of aryl methyl sites for hydroxylation is 1. The molecule has 2 heterocycles. The topological polar surface area (TPSA) is 81.8 Å². The van der Waals surface area contributed by atoms with Gasteiger partial charge in [0, 0.05) is 18.6 Å². The van der Waals surface area contributed by atoms with E-state index >= 15 is 0 Å². The van der Waals surface area contributed by atoms with Gasteiger partial charge >= 0.3 is 0 Å². The van der Waals surface area contributed by atoms with Gasteiger partial charge < -0.3 is 5.32 Å². The first-order valence-corrected chi connectivity index (χ1v) is 8.55. The van der Waals surface area contributed by atoms with Gasteiger partial charge in [-0.1, -0.05) is 24.3 Å². The lowest BCUT2D eigenvalue weighted by Crippen LogP contribution is -2.26. The van der Waals surface area contributed by atoms with E-state index in [0.717, 1.165) is 5.56 Å². The van der Waals surface area contributed by atoms with E-state index in [1.807, 2.05) is 0 Å². The van der Waals surface area contributed by atoms with Crippen molar-refractivity contribution in [2.45, 2.75) is 6.54 Å². The number of hydrogen-bond acceptors (Lipinski definition) is 4. The Balaban J connectivity index is 1.56. The van der Waals surface area contributed by atoms with Crippen molar-refractivity contribution in [3.63, 3.8) is 0 Å². The number of nitrogens with one attached hydrogen (secondary N) is 1. The Labute approximate surface area is 159 Å². The molecule has 8 heteroatoms. The molecule has 0 radical (unpaired) electrons. The van der Waals surface area contributed by atoms with Gasteiger partial charge in [0.15, 0.2) is 5.69 Å². The molecule has 2 aromatic carbocycles. The number of carbonyl (C=O) groups excluding carboxylic acids is 1. The zero-order chi connectivity index (χ0) is 19.7. The molecule has 140 valence electrons. The Morgan fingerprint density at radius 3 is 2.82 bits per heavy atom. The second-order valence-electron chi connectivity index (χ2n) is 6.33. The van der Waals surface area contributed by atoms with Crippen molar-refractivity contribution < 1.29 is 9.18 Å². The van der Waals surface area contributed by atoms with Crippen LogP contribution in [0.1, 0.15) is 16.1 Å². The SMILES string of the molecule is Cn1nc(C(=O)Nc2cnn(Cc3cccc(F)c3)c2)c(=O)c2ccccc21. The number of aromatic nitrogens is 4. The summed E-state index contributed by atoms with van der Waals surface area (Å²) in [5.74, 6) is -0.937. The van der Waals surface area contributed by atoms with Crippen molar-refractivity contribution in [2.24, 2.45) is 7.05 Å². The highest BCUT2D eigenvalue weighted by Gasteiger charge is 2.17. The van der Waals surface area contributed by atoms with Crippen LogP contribution in [-0.4, -0.2) is 25.5 Å². The molecule has 4 rings (SSSR count). The predicted octanol–water partition coefficient (Wildman–Crippen LogP) is 2.57. The highest BCUT2D eigenvalue weighted by Crippen LogP contribution is 2.12. The van der Waals surface area contributed by atoms with E-state index in [1.165, 1.54) is 23.0 Å². The molecule has 0 fully saturated rings. The first kappa shape index (κ1) is 17.6. The molecule has 2 aromatic heterocycles. The lowest BCUT2D eigenvalue weighted by Gasteiger charge is -2.07. The number of rotatable bonds is 4. The van der Waals surface area contributed by atoms with Crippen LogP contribution in [0.15, 0.2) is 65.7 Å². The molecule has 7 nitrogen and oxygen atoms in total. The van der Waals surface area contributed by atoms with Crippen LogP contribution in [0.4, 0.5) is 10.1 Å². The van der Waals surface area contributed by atoms with Gasteiger partial charge in [-0.3, -0.25) is 19.0 Å². The summed E-state index contributed by atoms with van der Waals surface area (Å²) in [6.07, 6.45) is 3.07. The third-order valence-corrected chi connectivity index (χ3v) is 4.30. The number of nitrogens with zero attached hydrogens (tertiary/aromatic N) is 4.